The normalized spacial score (nSPS) is 13.4. The number of aliphatic imine (C=N–C) groups is 1. The van der Waals surface area contributed by atoms with Crippen LogP contribution < -0.4 is 10.6 Å². The van der Waals surface area contributed by atoms with E-state index < -0.39 is 0 Å². The standard InChI is InChI=1S/C15H14N4O2/c20-19(21)14-8-4-2-6-12(14)11-5-1-3-7-13(11)18-15-16-9-10-17-15/h1-8H,9-10H2,(H2,16,17,18). The molecule has 0 fully saturated rings. The third-order valence-corrected chi connectivity index (χ3v) is 3.25. The summed E-state index contributed by atoms with van der Waals surface area (Å²) >= 11 is 0. The van der Waals surface area contributed by atoms with E-state index in [1.807, 2.05) is 24.3 Å². The highest BCUT2D eigenvalue weighted by Crippen LogP contribution is 2.34. The van der Waals surface area contributed by atoms with Crippen LogP contribution in [0.3, 0.4) is 0 Å². The molecule has 2 aromatic carbocycles. The molecule has 0 aliphatic carbocycles. The maximum atomic E-state index is 11.2. The van der Waals surface area contributed by atoms with Crippen LogP contribution in [0.25, 0.3) is 11.1 Å². The van der Waals surface area contributed by atoms with Crippen LogP contribution in [-0.4, -0.2) is 24.0 Å². The number of guanidine groups is 1. The van der Waals surface area contributed by atoms with Gasteiger partial charge in [-0.05, 0) is 12.1 Å². The van der Waals surface area contributed by atoms with Crippen LogP contribution in [0, 0.1) is 10.1 Å². The lowest BCUT2D eigenvalue weighted by atomic mass is 10.0. The maximum Gasteiger partial charge on any atom is 0.277 e. The Hall–Kier alpha value is -2.89. The number of nitro groups is 1. The van der Waals surface area contributed by atoms with Gasteiger partial charge in [-0.2, -0.15) is 0 Å². The molecule has 0 bridgehead atoms. The molecule has 1 aliphatic heterocycles. The summed E-state index contributed by atoms with van der Waals surface area (Å²) in [6.45, 7) is 1.53. The third kappa shape index (κ3) is 2.69. The summed E-state index contributed by atoms with van der Waals surface area (Å²) in [6.07, 6.45) is 0. The lowest BCUT2D eigenvalue weighted by Crippen LogP contribution is -2.26. The summed E-state index contributed by atoms with van der Waals surface area (Å²) in [6, 6.07) is 14.2. The van der Waals surface area contributed by atoms with Gasteiger partial charge < -0.3 is 10.6 Å². The number of nitro benzene ring substituents is 1. The zero-order chi connectivity index (χ0) is 14.7. The maximum absolute atomic E-state index is 11.2. The first-order valence-electron chi connectivity index (χ1n) is 6.64. The first-order valence-corrected chi connectivity index (χ1v) is 6.64. The minimum absolute atomic E-state index is 0.0908. The second-order valence-corrected chi connectivity index (χ2v) is 4.60. The van der Waals surface area contributed by atoms with E-state index in [2.05, 4.69) is 15.6 Å². The minimum Gasteiger partial charge on any atom is -0.354 e. The lowest BCUT2D eigenvalue weighted by molar-refractivity contribution is -0.384. The van der Waals surface area contributed by atoms with Crippen molar-refractivity contribution in [1.82, 2.24) is 5.32 Å². The fraction of sp³-hybridized carbons (Fsp3) is 0.133. The Balaban J connectivity index is 2.04. The minimum atomic E-state index is -0.364. The molecular weight excluding hydrogens is 268 g/mol. The molecule has 1 aliphatic rings. The van der Waals surface area contributed by atoms with Crippen molar-refractivity contribution in [2.45, 2.75) is 0 Å². The van der Waals surface area contributed by atoms with Crippen LogP contribution in [0.1, 0.15) is 0 Å². The Labute approximate surface area is 121 Å². The fourth-order valence-corrected chi connectivity index (χ4v) is 2.30. The van der Waals surface area contributed by atoms with E-state index in [4.69, 9.17) is 0 Å². The van der Waals surface area contributed by atoms with E-state index in [1.165, 1.54) is 6.07 Å². The predicted molar refractivity (Wildman–Crippen MR) is 82.5 cm³/mol. The van der Waals surface area contributed by atoms with E-state index >= 15 is 0 Å². The Kier molecular flexibility index (Phi) is 3.51. The van der Waals surface area contributed by atoms with Gasteiger partial charge in [-0.15, -0.1) is 0 Å². The molecule has 0 aromatic heterocycles. The molecule has 0 saturated carbocycles. The monoisotopic (exact) mass is 282 g/mol. The van der Waals surface area contributed by atoms with Crippen LogP contribution in [0.4, 0.5) is 11.4 Å². The van der Waals surface area contributed by atoms with Gasteiger partial charge in [0.1, 0.15) is 0 Å². The van der Waals surface area contributed by atoms with Crippen LogP contribution in [0.2, 0.25) is 0 Å². The second kappa shape index (κ2) is 5.62. The van der Waals surface area contributed by atoms with Gasteiger partial charge in [0.2, 0.25) is 0 Å². The number of nitrogens with zero attached hydrogens (tertiary/aromatic N) is 2. The number of hydrogen-bond donors (Lipinski definition) is 2. The topological polar surface area (TPSA) is 79.6 Å². The van der Waals surface area contributed by atoms with Crippen LogP contribution in [0.5, 0.6) is 0 Å². The van der Waals surface area contributed by atoms with Gasteiger partial charge in [0.15, 0.2) is 5.96 Å². The summed E-state index contributed by atoms with van der Waals surface area (Å²) in [5.74, 6) is 0.695. The highest BCUT2D eigenvalue weighted by molar-refractivity contribution is 5.99. The summed E-state index contributed by atoms with van der Waals surface area (Å²) in [5, 5.41) is 17.5. The highest BCUT2D eigenvalue weighted by Gasteiger charge is 2.17. The highest BCUT2D eigenvalue weighted by atomic mass is 16.6. The fourth-order valence-electron chi connectivity index (χ4n) is 2.30. The molecule has 0 unspecified atom stereocenters. The van der Waals surface area contributed by atoms with Gasteiger partial charge in [-0.3, -0.25) is 15.1 Å². The largest absolute Gasteiger partial charge is 0.354 e. The van der Waals surface area contributed by atoms with Crippen molar-refractivity contribution < 1.29 is 4.92 Å². The number of benzene rings is 2. The van der Waals surface area contributed by atoms with Crippen LogP contribution >= 0.6 is 0 Å². The van der Waals surface area contributed by atoms with Crippen molar-refractivity contribution in [1.29, 1.82) is 0 Å². The Morgan fingerprint density at radius 3 is 2.52 bits per heavy atom. The molecule has 2 N–H and O–H groups in total. The van der Waals surface area contributed by atoms with Crippen molar-refractivity contribution in [3.05, 3.63) is 58.6 Å². The van der Waals surface area contributed by atoms with E-state index in [0.29, 0.717) is 11.5 Å². The first-order chi connectivity index (χ1) is 10.3. The van der Waals surface area contributed by atoms with E-state index in [0.717, 1.165) is 24.3 Å². The van der Waals surface area contributed by atoms with Crippen molar-refractivity contribution in [3.8, 4) is 11.1 Å². The van der Waals surface area contributed by atoms with Gasteiger partial charge in [0.05, 0.1) is 17.0 Å². The average molecular weight is 282 g/mol. The molecule has 0 amide bonds. The lowest BCUT2D eigenvalue weighted by Gasteiger charge is -2.12. The molecule has 0 saturated heterocycles. The number of anilines is 1. The van der Waals surface area contributed by atoms with Crippen molar-refractivity contribution >= 4 is 17.3 Å². The third-order valence-electron chi connectivity index (χ3n) is 3.25. The van der Waals surface area contributed by atoms with Crippen LogP contribution in [-0.2, 0) is 0 Å². The van der Waals surface area contributed by atoms with Crippen molar-refractivity contribution in [2.24, 2.45) is 4.99 Å². The zero-order valence-corrected chi connectivity index (χ0v) is 11.2. The Morgan fingerprint density at radius 1 is 1.10 bits per heavy atom. The smallest absolute Gasteiger partial charge is 0.277 e. The van der Waals surface area contributed by atoms with Gasteiger partial charge in [-0.1, -0.05) is 30.3 Å². The number of rotatable bonds is 3. The van der Waals surface area contributed by atoms with Crippen LogP contribution in [0.15, 0.2) is 53.5 Å². The average Bonchev–Trinajstić information content (AvgIpc) is 3.01. The molecule has 106 valence electrons. The molecule has 1 heterocycles. The molecule has 6 nitrogen and oxygen atoms in total. The number of nitrogens with one attached hydrogen (secondary N) is 2. The van der Waals surface area contributed by atoms with E-state index in [-0.39, 0.29) is 10.6 Å². The Bertz CT molecular complexity index is 712. The number of para-hydroxylation sites is 2. The molecular formula is C15H14N4O2. The predicted octanol–water partition coefficient (Wildman–Crippen LogP) is 2.63. The van der Waals surface area contributed by atoms with Gasteiger partial charge in [0, 0.05) is 23.9 Å². The van der Waals surface area contributed by atoms with Crippen molar-refractivity contribution in [2.75, 3.05) is 18.4 Å². The molecule has 3 rings (SSSR count). The van der Waals surface area contributed by atoms with Gasteiger partial charge >= 0.3 is 0 Å². The van der Waals surface area contributed by atoms with Gasteiger partial charge in [0.25, 0.3) is 5.69 Å². The van der Waals surface area contributed by atoms with E-state index in [1.54, 1.807) is 18.2 Å². The molecule has 6 heteroatoms. The SMILES string of the molecule is O=[N+]([O-])c1ccccc1-c1ccccc1NC1=NCCN1. The molecule has 0 spiro atoms. The second-order valence-electron chi connectivity index (χ2n) is 4.60. The Morgan fingerprint density at radius 2 is 1.81 bits per heavy atom. The summed E-state index contributed by atoms with van der Waals surface area (Å²) in [5.41, 5.74) is 2.25. The summed E-state index contributed by atoms with van der Waals surface area (Å²) in [4.78, 5) is 15.1. The first kappa shape index (κ1) is 13.1. The quantitative estimate of drug-likeness (QED) is 0.670. The molecule has 0 atom stereocenters. The molecule has 0 radical (unpaired) electrons. The summed E-state index contributed by atoms with van der Waals surface area (Å²) in [7, 11) is 0. The molecule has 2 aromatic rings. The molecule has 21 heavy (non-hydrogen) atoms. The van der Waals surface area contributed by atoms with E-state index in [9.17, 15) is 10.1 Å². The number of hydrogen-bond acceptors (Lipinski definition) is 5. The summed E-state index contributed by atoms with van der Waals surface area (Å²) < 4.78 is 0. The zero-order valence-electron chi connectivity index (χ0n) is 11.2. The van der Waals surface area contributed by atoms with Crippen molar-refractivity contribution in [3.63, 3.8) is 0 Å². The van der Waals surface area contributed by atoms with Gasteiger partial charge in [-0.25, -0.2) is 0 Å².